The van der Waals surface area contributed by atoms with Crippen molar-refractivity contribution >= 4 is 5.97 Å². The number of methoxy groups -OCH3 is 1. The zero-order chi connectivity index (χ0) is 13.1. The fraction of sp³-hybridized carbons (Fsp3) is 0.0714. The number of carboxylic acids is 1. The number of benzene rings is 2. The van der Waals surface area contributed by atoms with Crippen LogP contribution >= 0.6 is 0 Å². The third-order valence-corrected chi connectivity index (χ3v) is 2.65. The first-order valence-corrected chi connectivity index (χ1v) is 5.33. The van der Waals surface area contributed by atoms with Crippen LogP contribution in [0.3, 0.4) is 0 Å². The third-order valence-electron chi connectivity index (χ3n) is 2.65. The van der Waals surface area contributed by atoms with Crippen LogP contribution in [-0.2, 0) is 0 Å². The Morgan fingerprint density at radius 1 is 1.11 bits per heavy atom. The Morgan fingerprint density at radius 2 is 1.83 bits per heavy atom. The van der Waals surface area contributed by atoms with E-state index in [1.165, 1.54) is 19.2 Å². The number of ether oxygens (including phenoxy) is 1. The van der Waals surface area contributed by atoms with Gasteiger partial charge in [-0.25, -0.2) is 4.79 Å². The Bertz CT molecular complexity index is 590. The molecule has 0 saturated heterocycles. The molecule has 0 bridgehead atoms. The number of aromatic carboxylic acids is 1. The highest BCUT2D eigenvalue weighted by molar-refractivity contribution is 5.96. The van der Waals surface area contributed by atoms with Gasteiger partial charge in [0.05, 0.1) is 12.7 Å². The largest absolute Gasteiger partial charge is 0.507 e. The quantitative estimate of drug-likeness (QED) is 0.871. The minimum atomic E-state index is -1.03. The van der Waals surface area contributed by atoms with Crippen LogP contribution in [0.2, 0.25) is 0 Å². The standard InChI is InChI=1S/C14H12O4/c1-18-9-6-7-11(13(15)8-9)10-4-2-3-5-12(10)14(16)17/h2-8,15H,1H3,(H,16,17). The van der Waals surface area contributed by atoms with Gasteiger partial charge in [-0.15, -0.1) is 0 Å². The van der Waals surface area contributed by atoms with Crippen LogP contribution in [0.25, 0.3) is 11.1 Å². The molecule has 0 heterocycles. The Balaban J connectivity index is 2.59. The second-order valence-corrected chi connectivity index (χ2v) is 3.73. The van der Waals surface area contributed by atoms with Gasteiger partial charge in [0, 0.05) is 11.6 Å². The molecule has 4 heteroatoms. The molecule has 0 aliphatic rings. The third kappa shape index (κ3) is 2.13. The molecule has 0 aromatic heterocycles. The Morgan fingerprint density at radius 3 is 2.44 bits per heavy atom. The van der Waals surface area contributed by atoms with Gasteiger partial charge in [-0.05, 0) is 23.8 Å². The lowest BCUT2D eigenvalue weighted by atomic mass is 9.99. The van der Waals surface area contributed by atoms with Gasteiger partial charge in [0.1, 0.15) is 11.5 Å². The van der Waals surface area contributed by atoms with Crippen LogP contribution in [0.5, 0.6) is 11.5 Å². The monoisotopic (exact) mass is 244 g/mol. The average Bonchev–Trinajstić information content (AvgIpc) is 2.38. The fourth-order valence-electron chi connectivity index (χ4n) is 1.77. The van der Waals surface area contributed by atoms with Gasteiger partial charge in [0.25, 0.3) is 0 Å². The van der Waals surface area contributed by atoms with Crippen LogP contribution in [0.1, 0.15) is 10.4 Å². The first-order valence-electron chi connectivity index (χ1n) is 5.33. The van der Waals surface area contributed by atoms with Gasteiger partial charge >= 0.3 is 5.97 Å². The summed E-state index contributed by atoms with van der Waals surface area (Å²) in [5.74, 6) is -0.520. The van der Waals surface area contributed by atoms with Crippen molar-refractivity contribution in [1.29, 1.82) is 0 Å². The number of carbonyl (C=O) groups is 1. The predicted molar refractivity (Wildman–Crippen MR) is 67.1 cm³/mol. The van der Waals surface area contributed by atoms with E-state index in [-0.39, 0.29) is 11.3 Å². The summed E-state index contributed by atoms with van der Waals surface area (Å²) in [6, 6.07) is 11.3. The molecule has 2 rings (SSSR count). The summed E-state index contributed by atoms with van der Waals surface area (Å²) in [6.45, 7) is 0. The summed E-state index contributed by atoms with van der Waals surface area (Å²) < 4.78 is 4.99. The van der Waals surface area contributed by atoms with E-state index in [9.17, 15) is 9.90 Å². The van der Waals surface area contributed by atoms with Crippen molar-refractivity contribution in [1.82, 2.24) is 0 Å². The van der Waals surface area contributed by atoms with Crippen molar-refractivity contribution in [2.75, 3.05) is 7.11 Å². The van der Waals surface area contributed by atoms with E-state index >= 15 is 0 Å². The van der Waals surface area contributed by atoms with E-state index < -0.39 is 5.97 Å². The van der Waals surface area contributed by atoms with Crippen molar-refractivity contribution in [3.8, 4) is 22.6 Å². The van der Waals surface area contributed by atoms with Gasteiger partial charge in [-0.3, -0.25) is 0 Å². The minimum absolute atomic E-state index is 0.0111. The van der Waals surface area contributed by atoms with E-state index in [0.717, 1.165) is 0 Å². The zero-order valence-electron chi connectivity index (χ0n) is 9.75. The molecule has 0 spiro atoms. The van der Waals surface area contributed by atoms with Crippen LogP contribution in [-0.4, -0.2) is 23.3 Å². The Kier molecular flexibility index (Phi) is 3.19. The highest BCUT2D eigenvalue weighted by Gasteiger charge is 2.14. The summed E-state index contributed by atoms with van der Waals surface area (Å²) >= 11 is 0. The molecule has 0 radical (unpaired) electrons. The van der Waals surface area contributed by atoms with Gasteiger partial charge in [-0.2, -0.15) is 0 Å². The fourth-order valence-corrected chi connectivity index (χ4v) is 1.77. The van der Waals surface area contributed by atoms with Gasteiger partial charge in [0.15, 0.2) is 0 Å². The number of carboxylic acid groups (broad SMARTS) is 1. The Labute approximate surface area is 104 Å². The molecule has 0 aliphatic carbocycles. The molecule has 92 valence electrons. The predicted octanol–water partition coefficient (Wildman–Crippen LogP) is 2.77. The van der Waals surface area contributed by atoms with Crippen LogP contribution in [0.4, 0.5) is 0 Å². The minimum Gasteiger partial charge on any atom is -0.507 e. The summed E-state index contributed by atoms with van der Waals surface area (Å²) in [7, 11) is 1.50. The van der Waals surface area contributed by atoms with E-state index in [2.05, 4.69) is 0 Å². The average molecular weight is 244 g/mol. The second kappa shape index (κ2) is 4.79. The normalized spacial score (nSPS) is 10.1. The molecule has 2 aromatic rings. The molecule has 18 heavy (non-hydrogen) atoms. The van der Waals surface area contributed by atoms with E-state index in [0.29, 0.717) is 16.9 Å². The number of rotatable bonds is 3. The van der Waals surface area contributed by atoms with Gasteiger partial charge < -0.3 is 14.9 Å². The SMILES string of the molecule is COc1ccc(-c2ccccc2C(=O)O)c(O)c1. The molecule has 0 fully saturated rings. The lowest BCUT2D eigenvalue weighted by Gasteiger charge is -2.09. The molecule has 0 unspecified atom stereocenters. The number of hydrogen-bond donors (Lipinski definition) is 2. The van der Waals surface area contributed by atoms with Crippen molar-refractivity contribution in [3.05, 3.63) is 48.0 Å². The lowest BCUT2D eigenvalue weighted by Crippen LogP contribution is -1.99. The van der Waals surface area contributed by atoms with Crippen molar-refractivity contribution in [2.45, 2.75) is 0 Å². The van der Waals surface area contributed by atoms with E-state index in [1.54, 1.807) is 30.3 Å². The highest BCUT2D eigenvalue weighted by Crippen LogP contribution is 2.34. The van der Waals surface area contributed by atoms with Crippen molar-refractivity contribution in [2.24, 2.45) is 0 Å². The lowest BCUT2D eigenvalue weighted by molar-refractivity contribution is 0.0698. The highest BCUT2D eigenvalue weighted by atomic mass is 16.5. The Hall–Kier alpha value is -2.49. The molecule has 0 atom stereocenters. The first kappa shape index (κ1) is 12.0. The number of aromatic hydroxyl groups is 1. The number of phenols is 1. The smallest absolute Gasteiger partial charge is 0.336 e. The molecule has 2 aromatic carbocycles. The molecule has 0 aliphatic heterocycles. The van der Waals surface area contributed by atoms with Crippen molar-refractivity contribution < 1.29 is 19.7 Å². The van der Waals surface area contributed by atoms with Crippen LogP contribution in [0, 0.1) is 0 Å². The summed E-state index contributed by atoms with van der Waals surface area (Å²) in [5, 5.41) is 19.0. The summed E-state index contributed by atoms with van der Waals surface area (Å²) in [6.07, 6.45) is 0. The zero-order valence-corrected chi connectivity index (χ0v) is 9.75. The number of hydrogen-bond acceptors (Lipinski definition) is 3. The van der Waals surface area contributed by atoms with Gasteiger partial charge in [-0.1, -0.05) is 18.2 Å². The van der Waals surface area contributed by atoms with Crippen LogP contribution < -0.4 is 4.74 Å². The van der Waals surface area contributed by atoms with Gasteiger partial charge in [0.2, 0.25) is 0 Å². The number of phenolic OH excluding ortho intramolecular Hbond substituents is 1. The first-order chi connectivity index (χ1) is 8.63. The maximum Gasteiger partial charge on any atom is 0.336 e. The topological polar surface area (TPSA) is 66.8 Å². The molecule has 2 N–H and O–H groups in total. The van der Waals surface area contributed by atoms with E-state index in [4.69, 9.17) is 9.84 Å². The maximum atomic E-state index is 11.1. The van der Waals surface area contributed by atoms with Crippen molar-refractivity contribution in [3.63, 3.8) is 0 Å². The molecule has 0 amide bonds. The molecular formula is C14H12O4. The molecule has 4 nitrogen and oxygen atoms in total. The molecule has 0 saturated carbocycles. The summed E-state index contributed by atoms with van der Waals surface area (Å²) in [5.41, 5.74) is 1.09. The second-order valence-electron chi connectivity index (χ2n) is 3.73. The van der Waals surface area contributed by atoms with Crippen LogP contribution in [0.15, 0.2) is 42.5 Å². The van der Waals surface area contributed by atoms with E-state index in [1.807, 2.05) is 0 Å². The maximum absolute atomic E-state index is 11.1. The molecular weight excluding hydrogens is 232 g/mol. The summed E-state index contributed by atoms with van der Waals surface area (Å²) in [4.78, 5) is 11.1.